The summed E-state index contributed by atoms with van der Waals surface area (Å²) in [7, 11) is 0. The van der Waals surface area contributed by atoms with Crippen molar-refractivity contribution in [2.45, 2.75) is 18.8 Å². The maximum atomic E-state index is 13.1. The summed E-state index contributed by atoms with van der Waals surface area (Å²) in [6.07, 6.45) is 2.91. The van der Waals surface area contributed by atoms with Crippen molar-refractivity contribution in [3.05, 3.63) is 89.1 Å². The first-order valence-electron chi connectivity index (χ1n) is 10.9. The molecule has 3 heterocycles. The Morgan fingerprint density at radius 1 is 1.03 bits per heavy atom. The molecule has 5 rings (SSSR count). The first-order chi connectivity index (χ1) is 16.6. The van der Waals surface area contributed by atoms with Crippen LogP contribution in [0.2, 0.25) is 5.02 Å². The number of nitrogens with one attached hydrogen (secondary N) is 1. The summed E-state index contributed by atoms with van der Waals surface area (Å²) in [4.78, 5) is 31.6. The van der Waals surface area contributed by atoms with Gasteiger partial charge in [-0.2, -0.15) is 4.98 Å². The summed E-state index contributed by atoms with van der Waals surface area (Å²) in [5.41, 5.74) is 1.86. The predicted molar refractivity (Wildman–Crippen MR) is 126 cm³/mol. The van der Waals surface area contributed by atoms with E-state index < -0.39 is 0 Å². The van der Waals surface area contributed by atoms with Crippen molar-refractivity contribution in [2.75, 3.05) is 18.4 Å². The lowest BCUT2D eigenvalue weighted by molar-refractivity contribution is 0.0710. The van der Waals surface area contributed by atoms with Crippen LogP contribution in [0, 0.1) is 0 Å². The highest BCUT2D eigenvalue weighted by Gasteiger charge is 2.28. The fourth-order valence-corrected chi connectivity index (χ4v) is 4.09. The largest absolute Gasteiger partial charge is 0.459 e. The van der Waals surface area contributed by atoms with E-state index in [1.165, 1.54) is 6.26 Å². The van der Waals surface area contributed by atoms with Crippen molar-refractivity contribution in [3.63, 3.8) is 0 Å². The summed E-state index contributed by atoms with van der Waals surface area (Å²) >= 11 is 5.94. The van der Waals surface area contributed by atoms with Crippen molar-refractivity contribution in [1.82, 2.24) is 15.0 Å². The number of aromatic nitrogens is 2. The molecule has 8 nitrogen and oxygen atoms in total. The maximum Gasteiger partial charge on any atom is 0.291 e. The number of furan rings is 1. The standard InChI is InChI=1S/C25H21ClN4O4/c26-19-8-6-17(7-9-19)24-28-22(29-34-24)16-10-12-30(13-11-16)25(32)18-3-1-4-20(15-18)27-23(31)21-5-2-14-33-21/h1-9,14-16H,10-13H2,(H,27,31). The molecule has 172 valence electrons. The van der Waals surface area contributed by atoms with E-state index in [0.29, 0.717) is 41.1 Å². The molecule has 1 fully saturated rings. The number of nitrogens with zero attached hydrogens (tertiary/aromatic N) is 3. The minimum atomic E-state index is -0.367. The van der Waals surface area contributed by atoms with E-state index in [4.69, 9.17) is 20.5 Å². The maximum absolute atomic E-state index is 13.1. The van der Waals surface area contributed by atoms with Gasteiger partial charge >= 0.3 is 0 Å². The van der Waals surface area contributed by atoms with Crippen molar-refractivity contribution in [3.8, 4) is 11.5 Å². The molecular formula is C25H21ClN4O4. The smallest absolute Gasteiger partial charge is 0.291 e. The Morgan fingerprint density at radius 3 is 2.56 bits per heavy atom. The van der Waals surface area contributed by atoms with Crippen LogP contribution in [-0.2, 0) is 0 Å². The van der Waals surface area contributed by atoms with Crippen LogP contribution in [0.25, 0.3) is 11.5 Å². The Bertz CT molecular complexity index is 1290. The molecule has 0 unspecified atom stereocenters. The Labute approximate surface area is 200 Å². The summed E-state index contributed by atoms with van der Waals surface area (Å²) < 4.78 is 10.5. The van der Waals surface area contributed by atoms with Crippen LogP contribution in [0.3, 0.4) is 0 Å². The predicted octanol–water partition coefficient (Wildman–Crippen LogP) is 5.26. The van der Waals surface area contributed by atoms with Gasteiger partial charge < -0.3 is 19.2 Å². The van der Waals surface area contributed by atoms with E-state index in [0.717, 1.165) is 18.4 Å². The molecule has 2 amide bonds. The molecule has 2 aromatic carbocycles. The summed E-state index contributed by atoms with van der Waals surface area (Å²) in [6.45, 7) is 1.16. The Balaban J connectivity index is 1.20. The zero-order valence-corrected chi connectivity index (χ0v) is 18.9. The Morgan fingerprint density at radius 2 is 1.82 bits per heavy atom. The second-order valence-corrected chi connectivity index (χ2v) is 8.48. The fraction of sp³-hybridized carbons (Fsp3) is 0.200. The number of carbonyl (C=O) groups is 2. The monoisotopic (exact) mass is 476 g/mol. The molecule has 9 heteroatoms. The number of halogens is 1. The zero-order valence-electron chi connectivity index (χ0n) is 18.1. The number of anilines is 1. The third-order valence-electron chi connectivity index (χ3n) is 5.79. The van der Waals surface area contributed by atoms with Crippen LogP contribution in [0.4, 0.5) is 5.69 Å². The number of carbonyl (C=O) groups excluding carboxylic acids is 2. The van der Waals surface area contributed by atoms with Crippen LogP contribution in [0.5, 0.6) is 0 Å². The van der Waals surface area contributed by atoms with Crippen LogP contribution in [0.15, 0.2) is 75.9 Å². The van der Waals surface area contributed by atoms with E-state index >= 15 is 0 Å². The van der Waals surface area contributed by atoms with Crippen molar-refractivity contribution in [1.29, 1.82) is 0 Å². The molecule has 0 bridgehead atoms. The number of rotatable bonds is 5. The van der Waals surface area contributed by atoms with Crippen molar-refractivity contribution >= 4 is 29.1 Å². The van der Waals surface area contributed by atoms with Crippen LogP contribution in [-0.4, -0.2) is 39.9 Å². The molecule has 4 aromatic rings. The van der Waals surface area contributed by atoms with Gasteiger partial charge in [-0.05, 0) is 67.4 Å². The number of amides is 2. The van der Waals surface area contributed by atoms with Gasteiger partial charge in [0.25, 0.3) is 17.7 Å². The summed E-state index contributed by atoms with van der Waals surface area (Å²) in [5, 5.41) is 7.55. The highest BCUT2D eigenvalue weighted by Crippen LogP contribution is 2.29. The van der Waals surface area contributed by atoms with Gasteiger partial charge in [-0.1, -0.05) is 22.8 Å². The third kappa shape index (κ3) is 4.72. The topological polar surface area (TPSA) is 101 Å². The summed E-state index contributed by atoms with van der Waals surface area (Å²) in [6, 6.07) is 17.4. The second kappa shape index (κ2) is 9.52. The van der Waals surface area contributed by atoms with Gasteiger partial charge in [-0.3, -0.25) is 9.59 Å². The number of benzene rings is 2. The van der Waals surface area contributed by atoms with Gasteiger partial charge in [0.1, 0.15) is 0 Å². The van der Waals surface area contributed by atoms with E-state index in [2.05, 4.69) is 15.5 Å². The molecule has 34 heavy (non-hydrogen) atoms. The van der Waals surface area contributed by atoms with Gasteiger partial charge in [0.15, 0.2) is 11.6 Å². The average molecular weight is 477 g/mol. The Hall–Kier alpha value is -3.91. The molecule has 0 aliphatic carbocycles. The van der Waals surface area contributed by atoms with Crippen molar-refractivity contribution in [2.24, 2.45) is 0 Å². The lowest BCUT2D eigenvalue weighted by Crippen LogP contribution is -2.38. The molecule has 1 aliphatic rings. The van der Waals surface area contributed by atoms with Crippen molar-refractivity contribution < 1.29 is 18.5 Å². The lowest BCUT2D eigenvalue weighted by Gasteiger charge is -2.30. The van der Waals surface area contributed by atoms with Crippen LogP contribution >= 0.6 is 11.6 Å². The van der Waals surface area contributed by atoms with E-state index in [1.54, 1.807) is 48.5 Å². The molecule has 2 aromatic heterocycles. The quantitative estimate of drug-likeness (QED) is 0.422. The first-order valence-corrected chi connectivity index (χ1v) is 11.3. The second-order valence-electron chi connectivity index (χ2n) is 8.04. The first kappa shape index (κ1) is 21.9. The van der Waals surface area contributed by atoms with Crippen LogP contribution < -0.4 is 5.32 Å². The minimum Gasteiger partial charge on any atom is -0.459 e. The van der Waals surface area contributed by atoms with Gasteiger partial charge in [-0.15, -0.1) is 0 Å². The van der Waals surface area contributed by atoms with E-state index in [1.807, 2.05) is 17.0 Å². The van der Waals surface area contributed by atoms with Crippen LogP contribution in [0.1, 0.15) is 45.5 Å². The zero-order chi connectivity index (χ0) is 23.5. The van der Waals surface area contributed by atoms with E-state index in [9.17, 15) is 9.59 Å². The molecule has 1 N–H and O–H groups in total. The van der Waals surface area contributed by atoms with Gasteiger partial charge in [-0.25, -0.2) is 0 Å². The number of hydrogen-bond donors (Lipinski definition) is 1. The van der Waals surface area contributed by atoms with E-state index in [-0.39, 0.29) is 23.5 Å². The Kier molecular flexibility index (Phi) is 6.14. The molecule has 0 radical (unpaired) electrons. The SMILES string of the molecule is O=C(Nc1cccc(C(=O)N2CCC(c3noc(-c4ccc(Cl)cc4)n3)CC2)c1)c1ccco1. The molecular weight excluding hydrogens is 456 g/mol. The third-order valence-corrected chi connectivity index (χ3v) is 6.04. The fourth-order valence-electron chi connectivity index (χ4n) is 3.96. The highest BCUT2D eigenvalue weighted by atomic mass is 35.5. The number of piperidine rings is 1. The average Bonchev–Trinajstić information content (AvgIpc) is 3.57. The normalized spacial score (nSPS) is 14.2. The molecule has 0 atom stereocenters. The molecule has 1 aliphatic heterocycles. The van der Waals surface area contributed by atoms with Gasteiger partial charge in [0, 0.05) is 40.8 Å². The number of hydrogen-bond acceptors (Lipinski definition) is 6. The molecule has 0 saturated carbocycles. The molecule has 1 saturated heterocycles. The minimum absolute atomic E-state index is 0.0810. The highest BCUT2D eigenvalue weighted by molar-refractivity contribution is 6.30. The lowest BCUT2D eigenvalue weighted by atomic mass is 9.95. The van der Waals surface area contributed by atoms with Gasteiger partial charge in [0.05, 0.1) is 6.26 Å². The molecule has 0 spiro atoms. The van der Waals surface area contributed by atoms with Gasteiger partial charge in [0.2, 0.25) is 0 Å². The number of likely N-dealkylation sites (tertiary alicyclic amines) is 1. The summed E-state index contributed by atoms with van der Waals surface area (Å²) in [5.74, 6) is 0.988.